The second-order valence-corrected chi connectivity index (χ2v) is 6.13. The summed E-state index contributed by atoms with van der Waals surface area (Å²) in [7, 11) is 0. The fourth-order valence-corrected chi connectivity index (χ4v) is 2.77. The first kappa shape index (κ1) is 13.3. The summed E-state index contributed by atoms with van der Waals surface area (Å²) in [5, 5.41) is 8.92. The lowest BCUT2D eigenvalue weighted by Crippen LogP contribution is -2.34. The Labute approximate surface area is 121 Å². The molecule has 0 bridgehead atoms. The lowest BCUT2D eigenvalue weighted by molar-refractivity contribution is -0.121. The number of hydrogen-bond donors (Lipinski definition) is 1. The van der Waals surface area contributed by atoms with E-state index in [9.17, 15) is 4.79 Å². The standard InChI is InChI=1S/C14H17N3O2S/c1-9(10-4-5-10)15-12(18)6-7-13-16-14(17-19-13)11-3-2-8-20-11/h2-3,8-10H,4-7H2,1H3,(H,15,18)/t9-/m0/s1. The zero-order chi connectivity index (χ0) is 13.9. The van der Waals surface area contributed by atoms with E-state index in [2.05, 4.69) is 22.4 Å². The van der Waals surface area contributed by atoms with Crippen molar-refractivity contribution in [1.82, 2.24) is 15.5 Å². The highest BCUT2D eigenvalue weighted by Crippen LogP contribution is 2.32. The van der Waals surface area contributed by atoms with Crippen molar-refractivity contribution in [3.8, 4) is 10.7 Å². The Kier molecular flexibility index (Phi) is 3.82. The summed E-state index contributed by atoms with van der Waals surface area (Å²) < 4.78 is 5.17. The van der Waals surface area contributed by atoms with E-state index in [0.717, 1.165) is 4.88 Å². The fraction of sp³-hybridized carbons (Fsp3) is 0.500. The van der Waals surface area contributed by atoms with Gasteiger partial charge in [0.2, 0.25) is 17.6 Å². The summed E-state index contributed by atoms with van der Waals surface area (Å²) in [6, 6.07) is 4.18. The van der Waals surface area contributed by atoms with Gasteiger partial charge in [-0.15, -0.1) is 11.3 Å². The fourth-order valence-electron chi connectivity index (χ4n) is 2.12. The number of hydrogen-bond acceptors (Lipinski definition) is 5. The number of carbonyl (C=O) groups is 1. The van der Waals surface area contributed by atoms with E-state index in [1.807, 2.05) is 17.5 Å². The van der Waals surface area contributed by atoms with E-state index in [1.165, 1.54) is 12.8 Å². The molecule has 0 spiro atoms. The second-order valence-electron chi connectivity index (χ2n) is 5.18. The summed E-state index contributed by atoms with van der Waals surface area (Å²) >= 11 is 1.57. The smallest absolute Gasteiger partial charge is 0.227 e. The molecule has 1 N–H and O–H groups in total. The van der Waals surface area contributed by atoms with Crippen LogP contribution in [0.1, 0.15) is 32.1 Å². The van der Waals surface area contributed by atoms with Crippen molar-refractivity contribution < 1.29 is 9.32 Å². The highest BCUT2D eigenvalue weighted by atomic mass is 32.1. The molecule has 3 rings (SSSR count). The quantitative estimate of drug-likeness (QED) is 0.888. The molecule has 1 amide bonds. The third-order valence-corrected chi connectivity index (χ3v) is 4.36. The average Bonchev–Trinajstić information content (AvgIpc) is 2.96. The molecule has 2 aromatic rings. The van der Waals surface area contributed by atoms with Gasteiger partial charge in [-0.25, -0.2) is 0 Å². The van der Waals surface area contributed by atoms with Gasteiger partial charge in [-0.3, -0.25) is 4.79 Å². The zero-order valence-electron chi connectivity index (χ0n) is 11.3. The van der Waals surface area contributed by atoms with Gasteiger partial charge in [-0.05, 0) is 37.1 Å². The van der Waals surface area contributed by atoms with E-state index >= 15 is 0 Å². The number of carbonyl (C=O) groups excluding carboxylic acids is 1. The lowest BCUT2D eigenvalue weighted by Gasteiger charge is -2.11. The molecule has 1 aliphatic rings. The Bertz CT molecular complexity index is 575. The minimum atomic E-state index is 0.0558. The highest BCUT2D eigenvalue weighted by Gasteiger charge is 2.28. The number of rotatable bonds is 6. The van der Waals surface area contributed by atoms with E-state index in [0.29, 0.717) is 30.5 Å². The van der Waals surface area contributed by atoms with Crippen LogP contribution in [0.4, 0.5) is 0 Å². The van der Waals surface area contributed by atoms with Crippen LogP contribution < -0.4 is 5.32 Å². The van der Waals surface area contributed by atoms with Crippen LogP contribution in [0.5, 0.6) is 0 Å². The maximum absolute atomic E-state index is 11.8. The minimum absolute atomic E-state index is 0.0558. The number of nitrogens with zero attached hydrogens (tertiary/aromatic N) is 2. The van der Waals surface area contributed by atoms with Crippen molar-refractivity contribution >= 4 is 17.2 Å². The third-order valence-electron chi connectivity index (χ3n) is 3.49. The zero-order valence-corrected chi connectivity index (χ0v) is 12.2. The largest absolute Gasteiger partial charge is 0.353 e. The van der Waals surface area contributed by atoms with Crippen molar-refractivity contribution in [2.24, 2.45) is 5.92 Å². The van der Waals surface area contributed by atoms with E-state index in [4.69, 9.17) is 4.52 Å². The van der Waals surface area contributed by atoms with Crippen LogP contribution in [0.15, 0.2) is 22.0 Å². The van der Waals surface area contributed by atoms with Crippen molar-refractivity contribution in [3.05, 3.63) is 23.4 Å². The molecule has 1 saturated carbocycles. The molecule has 20 heavy (non-hydrogen) atoms. The third kappa shape index (κ3) is 3.25. The van der Waals surface area contributed by atoms with Crippen LogP contribution in [0.2, 0.25) is 0 Å². The van der Waals surface area contributed by atoms with Crippen LogP contribution in [0.3, 0.4) is 0 Å². The van der Waals surface area contributed by atoms with Crippen molar-refractivity contribution in [2.75, 3.05) is 0 Å². The Morgan fingerprint density at radius 2 is 2.45 bits per heavy atom. The predicted molar refractivity (Wildman–Crippen MR) is 76.3 cm³/mol. The average molecular weight is 291 g/mol. The molecule has 0 aromatic carbocycles. The summed E-state index contributed by atoms with van der Waals surface area (Å²) in [5.74, 6) is 1.84. The second kappa shape index (κ2) is 5.75. The van der Waals surface area contributed by atoms with Gasteiger partial charge in [0.25, 0.3) is 0 Å². The number of nitrogens with one attached hydrogen (secondary N) is 1. The molecule has 0 unspecified atom stereocenters. The van der Waals surface area contributed by atoms with Crippen molar-refractivity contribution in [2.45, 2.75) is 38.6 Å². The molecule has 106 valence electrons. The molecular weight excluding hydrogens is 274 g/mol. The van der Waals surface area contributed by atoms with Gasteiger partial charge in [-0.2, -0.15) is 4.98 Å². The van der Waals surface area contributed by atoms with Gasteiger partial charge in [-0.1, -0.05) is 11.2 Å². The molecule has 0 saturated heterocycles. The Hall–Kier alpha value is -1.69. The lowest BCUT2D eigenvalue weighted by atomic mass is 10.2. The molecular formula is C14H17N3O2S. The monoisotopic (exact) mass is 291 g/mol. The van der Waals surface area contributed by atoms with Gasteiger partial charge in [0.05, 0.1) is 4.88 Å². The molecule has 5 nitrogen and oxygen atoms in total. The normalized spacial score (nSPS) is 16.1. The van der Waals surface area contributed by atoms with Crippen molar-refractivity contribution in [1.29, 1.82) is 0 Å². The topological polar surface area (TPSA) is 68.0 Å². The van der Waals surface area contributed by atoms with Crippen LogP contribution in [0.25, 0.3) is 10.7 Å². The molecule has 2 aromatic heterocycles. The summed E-state index contributed by atoms with van der Waals surface area (Å²) in [6.45, 7) is 2.07. The van der Waals surface area contributed by atoms with E-state index < -0.39 is 0 Å². The summed E-state index contributed by atoms with van der Waals surface area (Å²) in [5.41, 5.74) is 0. The summed E-state index contributed by atoms with van der Waals surface area (Å²) in [6.07, 6.45) is 3.34. The van der Waals surface area contributed by atoms with E-state index in [1.54, 1.807) is 11.3 Å². The Balaban J connectivity index is 1.49. The number of aromatic nitrogens is 2. The van der Waals surface area contributed by atoms with Gasteiger partial charge >= 0.3 is 0 Å². The van der Waals surface area contributed by atoms with Crippen LogP contribution in [-0.4, -0.2) is 22.1 Å². The first-order valence-electron chi connectivity index (χ1n) is 6.88. The van der Waals surface area contributed by atoms with Crippen molar-refractivity contribution in [3.63, 3.8) is 0 Å². The maximum Gasteiger partial charge on any atom is 0.227 e. The molecule has 6 heteroatoms. The predicted octanol–water partition coefficient (Wildman–Crippen LogP) is 2.65. The molecule has 0 aliphatic heterocycles. The van der Waals surface area contributed by atoms with Gasteiger partial charge in [0.1, 0.15) is 0 Å². The molecule has 1 atom stereocenters. The first-order chi connectivity index (χ1) is 9.72. The first-order valence-corrected chi connectivity index (χ1v) is 7.76. The molecule has 1 fully saturated rings. The maximum atomic E-state index is 11.8. The molecule has 0 radical (unpaired) electrons. The van der Waals surface area contributed by atoms with Gasteiger partial charge in [0.15, 0.2) is 0 Å². The SMILES string of the molecule is C[C@H](NC(=O)CCc1nc(-c2cccs2)no1)C1CC1. The summed E-state index contributed by atoms with van der Waals surface area (Å²) in [4.78, 5) is 17.1. The molecule has 1 aliphatic carbocycles. The van der Waals surface area contributed by atoms with Crippen LogP contribution >= 0.6 is 11.3 Å². The number of thiophene rings is 1. The number of amides is 1. The van der Waals surface area contributed by atoms with Gasteiger partial charge in [0, 0.05) is 18.9 Å². The van der Waals surface area contributed by atoms with Crippen LogP contribution in [0, 0.1) is 5.92 Å². The molecule has 2 heterocycles. The van der Waals surface area contributed by atoms with E-state index in [-0.39, 0.29) is 11.9 Å². The van der Waals surface area contributed by atoms with Crippen LogP contribution in [-0.2, 0) is 11.2 Å². The number of aryl methyl sites for hydroxylation is 1. The minimum Gasteiger partial charge on any atom is -0.353 e. The Morgan fingerprint density at radius 1 is 1.60 bits per heavy atom. The highest BCUT2D eigenvalue weighted by molar-refractivity contribution is 7.13. The van der Waals surface area contributed by atoms with Gasteiger partial charge < -0.3 is 9.84 Å². The Morgan fingerprint density at radius 3 is 3.15 bits per heavy atom.